The van der Waals surface area contributed by atoms with Crippen molar-refractivity contribution in [1.82, 2.24) is 5.01 Å². The average molecular weight is 239 g/mol. The SMILES string of the molecule is Cc1ccc(NC(=S)N(N)CCO)cc1C. The molecule has 4 nitrogen and oxygen atoms in total. The van der Waals surface area contributed by atoms with Gasteiger partial charge in [0.2, 0.25) is 0 Å². The van der Waals surface area contributed by atoms with E-state index in [9.17, 15) is 0 Å². The van der Waals surface area contributed by atoms with Gasteiger partial charge in [-0.15, -0.1) is 0 Å². The number of hydrogen-bond donors (Lipinski definition) is 3. The Morgan fingerprint density at radius 3 is 2.69 bits per heavy atom. The van der Waals surface area contributed by atoms with Gasteiger partial charge >= 0.3 is 0 Å². The highest BCUT2D eigenvalue weighted by atomic mass is 32.1. The molecule has 0 amide bonds. The molecule has 0 spiro atoms. The Labute approximate surface area is 101 Å². The summed E-state index contributed by atoms with van der Waals surface area (Å²) in [4.78, 5) is 0. The minimum Gasteiger partial charge on any atom is -0.394 e. The first-order chi connectivity index (χ1) is 7.54. The van der Waals surface area contributed by atoms with Crippen LogP contribution in [0.3, 0.4) is 0 Å². The first-order valence-electron chi connectivity index (χ1n) is 5.06. The molecular weight excluding hydrogens is 222 g/mol. The van der Waals surface area contributed by atoms with Crippen LogP contribution in [0.1, 0.15) is 11.1 Å². The quantitative estimate of drug-likeness (QED) is 0.420. The van der Waals surface area contributed by atoms with Gasteiger partial charge < -0.3 is 10.4 Å². The number of aliphatic hydroxyl groups is 1. The van der Waals surface area contributed by atoms with Crippen LogP contribution < -0.4 is 11.2 Å². The molecule has 0 saturated heterocycles. The van der Waals surface area contributed by atoms with Gasteiger partial charge in [0.15, 0.2) is 5.11 Å². The van der Waals surface area contributed by atoms with Crippen LogP contribution in [0, 0.1) is 13.8 Å². The fourth-order valence-corrected chi connectivity index (χ4v) is 1.43. The second-order valence-corrected chi connectivity index (χ2v) is 4.03. The summed E-state index contributed by atoms with van der Waals surface area (Å²) in [6.45, 7) is 4.39. The van der Waals surface area contributed by atoms with Crippen LogP contribution in [0.4, 0.5) is 5.69 Å². The van der Waals surface area contributed by atoms with Crippen LogP contribution in [-0.4, -0.2) is 28.4 Å². The van der Waals surface area contributed by atoms with Crippen molar-refractivity contribution in [1.29, 1.82) is 0 Å². The highest BCUT2D eigenvalue weighted by Crippen LogP contribution is 2.14. The predicted octanol–water partition coefficient (Wildman–Crippen LogP) is 1.17. The lowest BCUT2D eigenvalue weighted by molar-refractivity contribution is 0.253. The van der Waals surface area contributed by atoms with Gasteiger partial charge in [0.05, 0.1) is 13.2 Å². The third-order valence-electron chi connectivity index (χ3n) is 2.36. The van der Waals surface area contributed by atoms with Crippen molar-refractivity contribution in [3.05, 3.63) is 29.3 Å². The lowest BCUT2D eigenvalue weighted by Crippen LogP contribution is -2.42. The molecule has 5 heteroatoms. The first kappa shape index (κ1) is 12.9. The Hall–Kier alpha value is -1.17. The van der Waals surface area contributed by atoms with Crippen LogP contribution in [0.2, 0.25) is 0 Å². The Kier molecular flexibility index (Phi) is 4.67. The first-order valence-corrected chi connectivity index (χ1v) is 5.46. The molecular formula is C11H17N3OS. The number of nitrogens with one attached hydrogen (secondary N) is 1. The standard InChI is InChI=1S/C11H17N3OS/c1-8-3-4-10(7-9(8)2)13-11(16)14(12)5-6-15/h3-4,7,15H,5-6,12H2,1-2H3,(H,13,16). The molecule has 0 aliphatic rings. The van der Waals surface area contributed by atoms with Crippen molar-refractivity contribution >= 4 is 23.0 Å². The molecule has 0 unspecified atom stereocenters. The van der Waals surface area contributed by atoms with Crippen molar-refractivity contribution in [3.63, 3.8) is 0 Å². The second-order valence-electron chi connectivity index (χ2n) is 3.65. The van der Waals surface area contributed by atoms with Crippen LogP contribution in [0.15, 0.2) is 18.2 Å². The number of benzene rings is 1. The minimum absolute atomic E-state index is 0.0226. The third kappa shape index (κ3) is 3.44. The van der Waals surface area contributed by atoms with E-state index in [0.717, 1.165) is 5.69 Å². The van der Waals surface area contributed by atoms with E-state index in [2.05, 4.69) is 12.2 Å². The predicted molar refractivity (Wildman–Crippen MR) is 70.1 cm³/mol. The fraction of sp³-hybridized carbons (Fsp3) is 0.364. The van der Waals surface area contributed by atoms with E-state index in [1.54, 1.807) is 0 Å². The number of aryl methyl sites for hydroxylation is 2. The summed E-state index contributed by atoms with van der Waals surface area (Å²) < 4.78 is 0. The van der Waals surface area contributed by atoms with E-state index in [1.807, 2.05) is 25.1 Å². The molecule has 16 heavy (non-hydrogen) atoms. The highest BCUT2D eigenvalue weighted by molar-refractivity contribution is 7.80. The van der Waals surface area contributed by atoms with Gasteiger partial charge in [-0.25, -0.2) is 5.84 Å². The fourth-order valence-electron chi connectivity index (χ4n) is 1.22. The van der Waals surface area contributed by atoms with Crippen LogP contribution >= 0.6 is 12.2 Å². The minimum atomic E-state index is -0.0226. The van der Waals surface area contributed by atoms with Gasteiger partial charge in [0.1, 0.15) is 0 Å². The summed E-state index contributed by atoms with van der Waals surface area (Å²) in [7, 11) is 0. The average Bonchev–Trinajstić information content (AvgIpc) is 2.24. The zero-order chi connectivity index (χ0) is 12.1. The van der Waals surface area contributed by atoms with E-state index in [4.69, 9.17) is 23.2 Å². The normalized spacial score (nSPS) is 10.0. The van der Waals surface area contributed by atoms with E-state index >= 15 is 0 Å². The smallest absolute Gasteiger partial charge is 0.187 e. The number of hydrogen-bond acceptors (Lipinski definition) is 3. The van der Waals surface area contributed by atoms with Gasteiger partial charge in [-0.1, -0.05) is 6.07 Å². The molecule has 0 heterocycles. The Balaban J connectivity index is 2.66. The van der Waals surface area contributed by atoms with Gasteiger partial charge in [0, 0.05) is 5.69 Å². The topological polar surface area (TPSA) is 61.5 Å². The van der Waals surface area contributed by atoms with Crippen LogP contribution in [0.25, 0.3) is 0 Å². The Morgan fingerprint density at radius 2 is 2.12 bits per heavy atom. The second kappa shape index (κ2) is 5.79. The van der Waals surface area contributed by atoms with Crippen molar-refractivity contribution in [2.75, 3.05) is 18.5 Å². The molecule has 0 radical (unpaired) electrons. The highest BCUT2D eigenvalue weighted by Gasteiger charge is 2.04. The molecule has 4 N–H and O–H groups in total. The number of anilines is 1. The molecule has 1 rings (SSSR count). The summed E-state index contributed by atoms with van der Waals surface area (Å²) in [6, 6.07) is 5.98. The maximum absolute atomic E-state index is 8.72. The van der Waals surface area contributed by atoms with Gasteiger partial charge in [-0.3, -0.25) is 5.01 Å². The number of rotatable bonds is 3. The molecule has 0 atom stereocenters. The molecule has 1 aromatic rings. The number of hydrazine groups is 1. The number of nitrogens with two attached hydrogens (primary N) is 1. The maximum atomic E-state index is 8.72. The largest absolute Gasteiger partial charge is 0.394 e. The molecule has 1 aromatic carbocycles. The summed E-state index contributed by atoms with van der Waals surface area (Å²) >= 11 is 5.08. The lowest BCUT2D eigenvalue weighted by atomic mass is 10.1. The maximum Gasteiger partial charge on any atom is 0.187 e. The van der Waals surface area contributed by atoms with Gasteiger partial charge in [-0.05, 0) is 49.3 Å². The summed E-state index contributed by atoms with van der Waals surface area (Å²) in [5, 5.41) is 13.4. The molecule has 0 aromatic heterocycles. The van der Waals surface area contributed by atoms with Crippen LogP contribution in [0.5, 0.6) is 0 Å². The molecule has 0 aliphatic carbocycles. The zero-order valence-electron chi connectivity index (χ0n) is 9.53. The number of thiocarbonyl (C=S) groups is 1. The summed E-state index contributed by atoms with van der Waals surface area (Å²) in [6.07, 6.45) is 0. The van der Waals surface area contributed by atoms with Crippen LogP contribution in [-0.2, 0) is 0 Å². The van der Waals surface area contributed by atoms with E-state index in [-0.39, 0.29) is 6.61 Å². The van der Waals surface area contributed by atoms with Gasteiger partial charge in [0.25, 0.3) is 0 Å². The Morgan fingerprint density at radius 1 is 1.44 bits per heavy atom. The number of aliphatic hydroxyl groups excluding tert-OH is 1. The van der Waals surface area contributed by atoms with Gasteiger partial charge in [-0.2, -0.15) is 0 Å². The Bertz CT molecular complexity index is 381. The molecule has 0 fully saturated rings. The lowest BCUT2D eigenvalue weighted by Gasteiger charge is -2.19. The van der Waals surface area contributed by atoms with E-state index in [0.29, 0.717) is 11.7 Å². The zero-order valence-corrected chi connectivity index (χ0v) is 10.3. The van der Waals surface area contributed by atoms with Crippen molar-refractivity contribution < 1.29 is 5.11 Å². The van der Waals surface area contributed by atoms with Crippen molar-refractivity contribution in [3.8, 4) is 0 Å². The van der Waals surface area contributed by atoms with Crippen molar-refractivity contribution in [2.24, 2.45) is 5.84 Å². The summed E-state index contributed by atoms with van der Waals surface area (Å²) in [5.74, 6) is 5.61. The van der Waals surface area contributed by atoms with Crippen molar-refractivity contribution in [2.45, 2.75) is 13.8 Å². The number of nitrogens with zero attached hydrogens (tertiary/aromatic N) is 1. The summed E-state index contributed by atoms with van der Waals surface area (Å²) in [5.41, 5.74) is 3.33. The van der Waals surface area contributed by atoms with E-state index < -0.39 is 0 Å². The molecule has 88 valence electrons. The third-order valence-corrected chi connectivity index (χ3v) is 2.70. The molecule has 0 aliphatic heterocycles. The molecule has 0 saturated carbocycles. The molecule has 0 bridgehead atoms. The monoisotopic (exact) mass is 239 g/mol. The van der Waals surface area contributed by atoms with E-state index in [1.165, 1.54) is 16.1 Å².